The molecule has 8 heteroatoms. The van der Waals surface area contributed by atoms with Gasteiger partial charge in [0, 0.05) is 45.0 Å². The van der Waals surface area contributed by atoms with Gasteiger partial charge in [-0.2, -0.15) is 0 Å². The van der Waals surface area contributed by atoms with Crippen molar-refractivity contribution in [2.75, 3.05) is 57.4 Å². The van der Waals surface area contributed by atoms with Crippen LogP contribution in [0.25, 0.3) is 10.9 Å². The summed E-state index contributed by atoms with van der Waals surface area (Å²) in [5, 5.41) is 20.3. The fraction of sp³-hybridized carbons (Fsp3) is 0.600. The molecule has 8 nitrogen and oxygen atoms in total. The number of benzene rings is 1. The highest BCUT2D eigenvalue weighted by Crippen LogP contribution is 2.23. The minimum Gasteiger partial charge on any atom is -0.395 e. The Kier molecular flexibility index (Phi) is 5.63. The second-order valence-corrected chi connectivity index (χ2v) is 7.81. The van der Waals surface area contributed by atoms with Crippen LogP contribution in [-0.2, 0) is 11.3 Å². The molecular weight excluding hydrogens is 360 g/mol. The molecule has 2 aliphatic heterocycles. The summed E-state index contributed by atoms with van der Waals surface area (Å²) in [7, 11) is 0. The quantitative estimate of drug-likeness (QED) is 0.748. The van der Waals surface area contributed by atoms with Gasteiger partial charge in [-0.15, -0.1) is 0 Å². The maximum Gasteiger partial charge on any atom is 0.261 e. The Labute approximate surface area is 164 Å². The number of hydrogen-bond donors (Lipinski definition) is 2. The van der Waals surface area contributed by atoms with Gasteiger partial charge in [-0.25, -0.2) is 4.98 Å². The van der Waals surface area contributed by atoms with E-state index in [2.05, 4.69) is 14.8 Å². The summed E-state index contributed by atoms with van der Waals surface area (Å²) in [4.78, 5) is 21.4. The van der Waals surface area contributed by atoms with E-state index in [0.717, 1.165) is 51.3 Å². The van der Waals surface area contributed by atoms with Gasteiger partial charge < -0.3 is 19.8 Å². The highest BCUT2D eigenvalue weighted by atomic mass is 16.5. The van der Waals surface area contributed by atoms with Crippen LogP contribution < -0.4 is 10.5 Å². The Bertz CT molecular complexity index is 870. The number of aromatic nitrogens is 2. The summed E-state index contributed by atoms with van der Waals surface area (Å²) in [6, 6.07) is 5.74. The van der Waals surface area contributed by atoms with Gasteiger partial charge in [0.15, 0.2) is 0 Å². The van der Waals surface area contributed by atoms with Crippen molar-refractivity contribution in [3.63, 3.8) is 0 Å². The molecule has 3 heterocycles. The molecule has 152 valence electrons. The lowest BCUT2D eigenvalue weighted by Crippen LogP contribution is -2.54. The van der Waals surface area contributed by atoms with E-state index in [9.17, 15) is 9.90 Å². The van der Waals surface area contributed by atoms with Crippen molar-refractivity contribution >= 4 is 16.6 Å². The SMILES string of the molecule is O=c1c2ccc(N3CCN(CC4(O)CCCOC4)CC3)cc2ncn1CCO. The van der Waals surface area contributed by atoms with Crippen LogP contribution >= 0.6 is 0 Å². The molecule has 2 fully saturated rings. The lowest BCUT2D eigenvalue weighted by atomic mass is 9.96. The van der Waals surface area contributed by atoms with E-state index in [1.807, 2.05) is 18.2 Å². The molecule has 28 heavy (non-hydrogen) atoms. The number of nitrogens with zero attached hydrogens (tertiary/aromatic N) is 4. The van der Waals surface area contributed by atoms with E-state index >= 15 is 0 Å². The average molecular weight is 388 g/mol. The largest absolute Gasteiger partial charge is 0.395 e. The smallest absolute Gasteiger partial charge is 0.261 e. The predicted molar refractivity (Wildman–Crippen MR) is 107 cm³/mol. The number of fused-ring (bicyclic) bond motifs is 1. The van der Waals surface area contributed by atoms with Crippen molar-refractivity contribution in [2.24, 2.45) is 0 Å². The number of anilines is 1. The molecule has 2 saturated heterocycles. The third kappa shape index (κ3) is 4.05. The van der Waals surface area contributed by atoms with Crippen LogP contribution in [0.5, 0.6) is 0 Å². The Balaban J connectivity index is 1.42. The Morgan fingerprint density at radius 3 is 2.75 bits per heavy atom. The van der Waals surface area contributed by atoms with Crippen LogP contribution in [0.2, 0.25) is 0 Å². The number of aliphatic hydroxyl groups excluding tert-OH is 1. The van der Waals surface area contributed by atoms with Gasteiger partial charge >= 0.3 is 0 Å². The standard InChI is InChI=1S/C20H28N4O4/c25-10-9-24-15-21-18-12-16(2-3-17(18)19(24)26)23-7-5-22(6-8-23)13-20(27)4-1-11-28-14-20/h2-3,12,15,25,27H,1,4-11,13-14H2. The van der Waals surface area contributed by atoms with Gasteiger partial charge in [0.2, 0.25) is 0 Å². The summed E-state index contributed by atoms with van der Waals surface area (Å²) in [5.41, 5.74) is 0.881. The first-order chi connectivity index (χ1) is 13.6. The maximum absolute atomic E-state index is 12.4. The van der Waals surface area contributed by atoms with Crippen molar-refractivity contribution < 1.29 is 14.9 Å². The minimum absolute atomic E-state index is 0.0866. The van der Waals surface area contributed by atoms with Crippen LogP contribution in [0.4, 0.5) is 5.69 Å². The summed E-state index contributed by atoms with van der Waals surface area (Å²) in [5.74, 6) is 0. The second-order valence-electron chi connectivity index (χ2n) is 7.81. The van der Waals surface area contributed by atoms with Gasteiger partial charge in [0.25, 0.3) is 5.56 Å². The number of piperazine rings is 1. The molecule has 0 bridgehead atoms. The van der Waals surface area contributed by atoms with Gasteiger partial charge in [-0.3, -0.25) is 14.3 Å². The number of β-amino-alcohol motifs (C(OH)–C–C–N with tert-alkyl or cyclic N) is 1. The van der Waals surface area contributed by atoms with Crippen molar-refractivity contribution in [3.05, 3.63) is 34.9 Å². The highest BCUT2D eigenvalue weighted by molar-refractivity contribution is 5.81. The monoisotopic (exact) mass is 388 g/mol. The molecule has 1 aromatic carbocycles. The molecule has 0 amide bonds. The lowest BCUT2D eigenvalue weighted by molar-refractivity contribution is -0.100. The van der Waals surface area contributed by atoms with Crippen molar-refractivity contribution in [3.8, 4) is 0 Å². The normalized spacial score (nSPS) is 24.0. The van der Waals surface area contributed by atoms with Crippen LogP contribution in [0, 0.1) is 0 Å². The molecule has 0 saturated carbocycles. The molecule has 0 radical (unpaired) electrons. The lowest BCUT2D eigenvalue weighted by Gasteiger charge is -2.41. The van der Waals surface area contributed by atoms with E-state index in [0.29, 0.717) is 24.1 Å². The Morgan fingerprint density at radius 1 is 1.21 bits per heavy atom. The molecule has 1 aromatic heterocycles. The van der Waals surface area contributed by atoms with E-state index in [1.165, 1.54) is 10.9 Å². The van der Waals surface area contributed by atoms with E-state index in [4.69, 9.17) is 9.84 Å². The van der Waals surface area contributed by atoms with Crippen LogP contribution in [0.3, 0.4) is 0 Å². The molecule has 4 rings (SSSR count). The molecule has 1 atom stereocenters. The van der Waals surface area contributed by atoms with Crippen molar-refractivity contribution in [2.45, 2.75) is 25.0 Å². The fourth-order valence-electron chi connectivity index (χ4n) is 4.15. The summed E-state index contributed by atoms with van der Waals surface area (Å²) in [6.45, 7) is 5.49. The van der Waals surface area contributed by atoms with E-state index in [1.54, 1.807) is 0 Å². The zero-order valence-electron chi connectivity index (χ0n) is 16.1. The maximum atomic E-state index is 12.4. The van der Waals surface area contributed by atoms with Crippen LogP contribution in [0.15, 0.2) is 29.3 Å². The molecule has 2 aromatic rings. The first kappa shape index (κ1) is 19.3. The third-order valence-corrected chi connectivity index (χ3v) is 5.71. The molecular formula is C20H28N4O4. The number of ether oxygens (including phenoxy) is 1. The molecule has 0 aliphatic carbocycles. The molecule has 2 aliphatic rings. The predicted octanol–water partition coefficient (Wildman–Crippen LogP) is 0.0523. The zero-order valence-corrected chi connectivity index (χ0v) is 16.1. The number of aliphatic hydroxyl groups is 2. The molecule has 1 unspecified atom stereocenters. The van der Waals surface area contributed by atoms with Gasteiger partial charge in [0.1, 0.15) is 5.60 Å². The van der Waals surface area contributed by atoms with Crippen molar-refractivity contribution in [1.82, 2.24) is 14.5 Å². The third-order valence-electron chi connectivity index (χ3n) is 5.71. The van der Waals surface area contributed by atoms with Crippen LogP contribution in [-0.4, -0.2) is 82.8 Å². The second kappa shape index (κ2) is 8.16. The zero-order chi connectivity index (χ0) is 19.6. The minimum atomic E-state index is -0.720. The molecule has 0 spiro atoms. The van der Waals surface area contributed by atoms with Gasteiger partial charge in [-0.1, -0.05) is 0 Å². The number of hydrogen-bond acceptors (Lipinski definition) is 7. The first-order valence-corrected chi connectivity index (χ1v) is 9.95. The summed E-state index contributed by atoms with van der Waals surface area (Å²) < 4.78 is 6.89. The van der Waals surface area contributed by atoms with Gasteiger partial charge in [-0.05, 0) is 31.0 Å². The van der Waals surface area contributed by atoms with Gasteiger partial charge in [0.05, 0.1) is 37.0 Å². The average Bonchev–Trinajstić information content (AvgIpc) is 2.71. The topological polar surface area (TPSA) is 91.1 Å². The fourth-order valence-corrected chi connectivity index (χ4v) is 4.15. The highest BCUT2D eigenvalue weighted by Gasteiger charge is 2.33. The van der Waals surface area contributed by atoms with E-state index < -0.39 is 5.60 Å². The number of rotatable bonds is 5. The summed E-state index contributed by atoms with van der Waals surface area (Å²) in [6.07, 6.45) is 3.22. The molecule has 2 N–H and O–H groups in total. The Hall–Kier alpha value is -2.00. The van der Waals surface area contributed by atoms with Crippen molar-refractivity contribution in [1.29, 1.82) is 0 Å². The van der Waals surface area contributed by atoms with E-state index in [-0.39, 0.29) is 18.7 Å². The summed E-state index contributed by atoms with van der Waals surface area (Å²) >= 11 is 0. The Morgan fingerprint density at radius 2 is 2.04 bits per heavy atom. The van der Waals surface area contributed by atoms with Crippen LogP contribution in [0.1, 0.15) is 12.8 Å². The first-order valence-electron chi connectivity index (χ1n) is 9.95.